The van der Waals surface area contributed by atoms with Crippen LogP contribution in [-0.4, -0.2) is 43.0 Å². The van der Waals surface area contributed by atoms with Crippen molar-refractivity contribution in [3.05, 3.63) is 64.1 Å². The van der Waals surface area contributed by atoms with Crippen LogP contribution in [-0.2, 0) is 15.1 Å². The number of benzene rings is 2. The molecule has 5 rings (SSSR count). The topological polar surface area (TPSA) is 115 Å². The minimum absolute atomic E-state index is 0.0476. The van der Waals surface area contributed by atoms with Crippen LogP contribution >= 0.6 is 11.6 Å². The summed E-state index contributed by atoms with van der Waals surface area (Å²) >= 11 is 6.04. The number of nitrogens with two attached hydrogens (primary N) is 1. The molecule has 1 fully saturated rings. The molecular weight excluding hydrogens is 503 g/mol. The van der Waals surface area contributed by atoms with Crippen molar-refractivity contribution in [3.63, 3.8) is 0 Å². The van der Waals surface area contributed by atoms with E-state index < -0.39 is 23.4 Å². The van der Waals surface area contributed by atoms with Crippen LogP contribution in [0.2, 0.25) is 5.02 Å². The van der Waals surface area contributed by atoms with E-state index in [1.165, 1.54) is 29.4 Å². The van der Waals surface area contributed by atoms with Crippen LogP contribution in [0.25, 0.3) is 0 Å². The maximum absolute atomic E-state index is 15.1. The standard InChI is InChI=1S/C26H26ClFN4O5/c1-2-18(15-4-7-20-21(10-15)36-14-35-20)30-12-16(11-29)24(33)32-9-3-8-26(13-32)22-19(31-25(34)37-26)6-5-17(27)23(22)28/h4-7,10-12,18H,2-3,8-9,13-14,29H2,1H3,(H,31,34)/t18?,26-/m0/s1. The predicted octanol–water partition coefficient (Wildman–Crippen LogP) is 4.65. The van der Waals surface area contributed by atoms with Crippen molar-refractivity contribution < 1.29 is 28.2 Å². The Labute approximate surface area is 218 Å². The van der Waals surface area contributed by atoms with Gasteiger partial charge in [-0.05, 0) is 49.1 Å². The quantitative estimate of drug-likeness (QED) is 0.431. The normalized spacial score (nSPS) is 21.5. The van der Waals surface area contributed by atoms with Gasteiger partial charge in [0.2, 0.25) is 6.79 Å². The Bertz CT molecular complexity index is 1320. The third-order valence-electron chi connectivity index (χ3n) is 6.81. The largest absolute Gasteiger partial charge is 0.454 e. The minimum Gasteiger partial charge on any atom is -0.454 e. The van der Waals surface area contributed by atoms with Gasteiger partial charge in [-0.3, -0.25) is 15.1 Å². The molecule has 2 aromatic carbocycles. The molecular formula is C26H26ClFN4O5. The summed E-state index contributed by atoms with van der Waals surface area (Å²) in [5.41, 5.74) is 5.95. The van der Waals surface area contributed by atoms with Gasteiger partial charge in [0.05, 0.1) is 34.4 Å². The average Bonchev–Trinajstić information content (AvgIpc) is 3.36. The first-order valence-corrected chi connectivity index (χ1v) is 12.4. The lowest BCUT2D eigenvalue weighted by Gasteiger charge is -2.45. The predicted molar refractivity (Wildman–Crippen MR) is 135 cm³/mol. The van der Waals surface area contributed by atoms with E-state index in [4.69, 9.17) is 31.5 Å². The molecule has 11 heteroatoms. The highest BCUT2D eigenvalue weighted by molar-refractivity contribution is 6.31. The zero-order valence-corrected chi connectivity index (χ0v) is 20.9. The summed E-state index contributed by atoms with van der Waals surface area (Å²) < 4.78 is 31.6. The molecule has 3 aliphatic heterocycles. The maximum Gasteiger partial charge on any atom is 0.412 e. The number of rotatable bonds is 5. The first kappa shape index (κ1) is 24.9. The molecule has 3 N–H and O–H groups in total. The van der Waals surface area contributed by atoms with E-state index in [2.05, 4.69) is 10.3 Å². The average molecular weight is 529 g/mol. The second-order valence-corrected chi connectivity index (χ2v) is 9.47. The van der Waals surface area contributed by atoms with Gasteiger partial charge in [-0.15, -0.1) is 0 Å². The van der Waals surface area contributed by atoms with Gasteiger partial charge < -0.3 is 24.8 Å². The number of amides is 2. The van der Waals surface area contributed by atoms with Crippen LogP contribution in [0.15, 0.2) is 47.1 Å². The van der Waals surface area contributed by atoms with E-state index in [0.717, 1.165) is 5.56 Å². The number of fused-ring (bicyclic) bond motifs is 3. The molecule has 9 nitrogen and oxygen atoms in total. The lowest BCUT2D eigenvalue weighted by molar-refractivity contribution is -0.134. The van der Waals surface area contributed by atoms with Gasteiger partial charge in [-0.2, -0.15) is 0 Å². The Hall–Kier alpha value is -3.79. The van der Waals surface area contributed by atoms with Crippen LogP contribution in [0, 0.1) is 5.82 Å². The van der Waals surface area contributed by atoms with Crippen LogP contribution < -0.4 is 20.5 Å². The van der Waals surface area contributed by atoms with Crippen molar-refractivity contribution in [1.82, 2.24) is 4.90 Å². The molecule has 3 heterocycles. The van der Waals surface area contributed by atoms with Crippen molar-refractivity contribution >= 4 is 35.5 Å². The zero-order chi connectivity index (χ0) is 26.2. The third-order valence-corrected chi connectivity index (χ3v) is 7.10. The van der Waals surface area contributed by atoms with Gasteiger partial charge in [-0.25, -0.2) is 9.18 Å². The number of halogens is 2. The van der Waals surface area contributed by atoms with Crippen LogP contribution in [0.5, 0.6) is 11.5 Å². The van der Waals surface area contributed by atoms with E-state index in [1.807, 2.05) is 25.1 Å². The molecule has 1 saturated heterocycles. The molecule has 0 saturated carbocycles. The van der Waals surface area contributed by atoms with E-state index in [0.29, 0.717) is 37.3 Å². The van der Waals surface area contributed by atoms with E-state index in [1.54, 1.807) is 0 Å². The van der Waals surface area contributed by atoms with Crippen LogP contribution in [0.1, 0.15) is 43.4 Å². The highest BCUT2D eigenvalue weighted by Crippen LogP contribution is 2.45. The summed E-state index contributed by atoms with van der Waals surface area (Å²) in [4.78, 5) is 31.9. The van der Waals surface area contributed by atoms with Gasteiger partial charge in [0.25, 0.3) is 5.91 Å². The molecule has 37 heavy (non-hydrogen) atoms. The first-order chi connectivity index (χ1) is 17.8. The highest BCUT2D eigenvalue weighted by Gasteiger charge is 2.48. The smallest absolute Gasteiger partial charge is 0.412 e. The number of ether oxygens (including phenoxy) is 3. The number of nitrogens with one attached hydrogen (secondary N) is 1. The van der Waals surface area contributed by atoms with Gasteiger partial charge >= 0.3 is 6.09 Å². The fourth-order valence-corrected chi connectivity index (χ4v) is 5.17. The molecule has 2 atom stereocenters. The Morgan fingerprint density at radius 2 is 2.14 bits per heavy atom. The molecule has 0 radical (unpaired) electrons. The minimum atomic E-state index is -1.37. The van der Waals surface area contributed by atoms with Crippen LogP contribution in [0.4, 0.5) is 14.9 Å². The van der Waals surface area contributed by atoms with E-state index in [-0.39, 0.29) is 41.2 Å². The van der Waals surface area contributed by atoms with Gasteiger partial charge in [0, 0.05) is 19.0 Å². The SMILES string of the molecule is CCC(N=CC(=CN)C(=O)N1CCC[C@@]2(C1)OC(=O)Nc1ccc(Cl)c(F)c12)c1ccc2c(c1)OCO2. The van der Waals surface area contributed by atoms with E-state index in [9.17, 15) is 9.59 Å². The third kappa shape index (κ3) is 4.57. The molecule has 0 aliphatic carbocycles. The summed E-state index contributed by atoms with van der Waals surface area (Å²) in [5.74, 6) is 0.250. The molecule has 1 spiro atoms. The van der Waals surface area contributed by atoms with Gasteiger partial charge in [-0.1, -0.05) is 24.6 Å². The lowest BCUT2D eigenvalue weighted by Crippen LogP contribution is -2.54. The number of piperidine rings is 1. The van der Waals surface area contributed by atoms with Crippen molar-refractivity contribution in [1.29, 1.82) is 0 Å². The molecule has 3 aliphatic rings. The fourth-order valence-electron chi connectivity index (χ4n) is 5.02. The number of hydrogen-bond acceptors (Lipinski definition) is 7. The van der Waals surface area contributed by atoms with E-state index >= 15 is 4.39 Å². The Morgan fingerprint density at radius 1 is 1.32 bits per heavy atom. The van der Waals surface area contributed by atoms with Gasteiger partial charge in [0.1, 0.15) is 0 Å². The molecule has 0 aromatic heterocycles. The summed E-state index contributed by atoms with van der Waals surface area (Å²) in [6.45, 7) is 2.50. The number of anilines is 1. The summed E-state index contributed by atoms with van der Waals surface area (Å²) in [6, 6.07) is 8.28. The summed E-state index contributed by atoms with van der Waals surface area (Å²) in [7, 11) is 0. The lowest BCUT2D eigenvalue weighted by atomic mass is 9.83. The second kappa shape index (κ2) is 9.93. The monoisotopic (exact) mass is 528 g/mol. The molecule has 1 unspecified atom stereocenters. The Balaban J connectivity index is 1.38. The van der Waals surface area contributed by atoms with Crippen molar-refractivity contribution in [2.75, 3.05) is 25.2 Å². The van der Waals surface area contributed by atoms with Crippen molar-refractivity contribution in [2.45, 2.75) is 37.8 Å². The number of carbonyl (C=O) groups is 2. The number of hydrogen-bond donors (Lipinski definition) is 2. The number of aliphatic imine (C=N–C) groups is 1. The fraction of sp³-hybridized carbons (Fsp3) is 0.346. The molecule has 0 bridgehead atoms. The van der Waals surface area contributed by atoms with Crippen molar-refractivity contribution in [2.24, 2.45) is 10.7 Å². The number of likely N-dealkylation sites (tertiary alicyclic amines) is 1. The zero-order valence-electron chi connectivity index (χ0n) is 20.1. The molecule has 2 amide bonds. The Morgan fingerprint density at radius 3 is 2.92 bits per heavy atom. The van der Waals surface area contributed by atoms with Crippen molar-refractivity contribution in [3.8, 4) is 11.5 Å². The molecule has 194 valence electrons. The second-order valence-electron chi connectivity index (χ2n) is 9.06. The van der Waals surface area contributed by atoms with Gasteiger partial charge in [0.15, 0.2) is 22.9 Å². The van der Waals surface area contributed by atoms with Crippen LogP contribution in [0.3, 0.4) is 0 Å². The summed E-state index contributed by atoms with van der Waals surface area (Å²) in [6.07, 6.45) is 3.42. The Kier molecular flexibility index (Phi) is 6.68. The first-order valence-electron chi connectivity index (χ1n) is 12.0. The number of carbonyl (C=O) groups excluding carboxylic acids is 2. The number of nitrogens with zero attached hydrogens (tertiary/aromatic N) is 2. The highest BCUT2D eigenvalue weighted by atomic mass is 35.5. The maximum atomic E-state index is 15.1. The summed E-state index contributed by atoms with van der Waals surface area (Å²) in [5, 5.41) is 2.42. The molecule has 2 aromatic rings.